The Balaban J connectivity index is 2.50. The van der Waals surface area contributed by atoms with Gasteiger partial charge >= 0.3 is 12.0 Å². The molecule has 6 heteroatoms. The van der Waals surface area contributed by atoms with Crippen molar-refractivity contribution in [3.63, 3.8) is 0 Å². The van der Waals surface area contributed by atoms with Crippen LogP contribution in [-0.4, -0.2) is 29.8 Å². The number of nitrogens with one attached hydrogen (secondary N) is 2. The molecule has 1 aliphatic heterocycles. The van der Waals surface area contributed by atoms with Crippen LogP contribution in [0.25, 0.3) is 5.70 Å². The van der Waals surface area contributed by atoms with Crippen molar-refractivity contribution in [3.05, 3.63) is 35.4 Å². The third-order valence-corrected chi connectivity index (χ3v) is 2.94. The Morgan fingerprint density at radius 1 is 1.35 bits per heavy atom. The van der Waals surface area contributed by atoms with E-state index in [9.17, 15) is 14.7 Å². The highest BCUT2D eigenvalue weighted by molar-refractivity contribution is 6.04. The molecule has 0 aromatic heterocycles. The maximum Gasteiger partial charge on any atom is 0.338 e. The summed E-state index contributed by atoms with van der Waals surface area (Å²) in [6.07, 6.45) is 0. The van der Waals surface area contributed by atoms with Crippen molar-refractivity contribution in [1.29, 1.82) is 0 Å². The van der Waals surface area contributed by atoms with E-state index in [0.717, 1.165) is 0 Å². The Hall–Kier alpha value is -2.50. The molecule has 2 rings (SSSR count). The topological polar surface area (TPSA) is 87.7 Å². The van der Waals surface area contributed by atoms with E-state index in [1.807, 2.05) is 0 Å². The van der Waals surface area contributed by atoms with E-state index in [0.29, 0.717) is 16.8 Å². The fraction of sp³-hybridized carbons (Fsp3) is 0.286. The summed E-state index contributed by atoms with van der Waals surface area (Å²) < 4.78 is 5.02. The molecule has 1 atom stereocenters. The molecule has 0 aliphatic carbocycles. The second-order valence-electron chi connectivity index (χ2n) is 4.38. The zero-order valence-corrected chi connectivity index (χ0v) is 11.3. The molecule has 1 aromatic carbocycles. The van der Waals surface area contributed by atoms with Gasteiger partial charge in [-0.05, 0) is 43.7 Å². The minimum atomic E-state index is -0.476. The molecule has 20 heavy (non-hydrogen) atoms. The first-order valence-corrected chi connectivity index (χ1v) is 6.31. The second-order valence-corrected chi connectivity index (χ2v) is 4.38. The molecule has 6 nitrogen and oxygen atoms in total. The van der Waals surface area contributed by atoms with Gasteiger partial charge in [0.25, 0.3) is 0 Å². The fourth-order valence-electron chi connectivity index (χ4n) is 2.05. The Labute approximate surface area is 116 Å². The van der Waals surface area contributed by atoms with E-state index in [4.69, 9.17) is 4.74 Å². The van der Waals surface area contributed by atoms with Crippen LogP contribution in [0, 0.1) is 0 Å². The number of benzene rings is 1. The summed E-state index contributed by atoms with van der Waals surface area (Å²) in [6.45, 7) is 3.69. The molecule has 0 bridgehead atoms. The number of ether oxygens (including phenoxy) is 1. The van der Waals surface area contributed by atoms with Crippen LogP contribution in [0.3, 0.4) is 0 Å². The molecular weight excluding hydrogens is 260 g/mol. The van der Waals surface area contributed by atoms with Crippen molar-refractivity contribution < 1.29 is 19.4 Å². The lowest BCUT2D eigenvalue weighted by Gasteiger charge is -2.26. The van der Waals surface area contributed by atoms with Crippen LogP contribution in [0.15, 0.2) is 29.8 Å². The zero-order valence-electron chi connectivity index (χ0n) is 11.3. The highest BCUT2D eigenvalue weighted by Gasteiger charge is 2.30. The quantitative estimate of drug-likeness (QED) is 0.728. The maximum absolute atomic E-state index is 12.0. The molecule has 3 N–H and O–H groups in total. The molecule has 0 radical (unpaired) electrons. The SMILES string of the molecule is CCOC(=O)C1=C(c2ccc(O)cc2)NC(=O)N[C@@H]1C. The van der Waals surface area contributed by atoms with Crippen LogP contribution in [0.2, 0.25) is 0 Å². The number of amides is 2. The zero-order chi connectivity index (χ0) is 14.7. The lowest BCUT2D eigenvalue weighted by Crippen LogP contribution is -2.48. The van der Waals surface area contributed by atoms with Crippen LogP contribution < -0.4 is 10.6 Å². The van der Waals surface area contributed by atoms with Gasteiger partial charge in [0, 0.05) is 0 Å². The number of phenolic OH excluding ortho intramolecular Hbond substituents is 1. The average molecular weight is 276 g/mol. The number of carbonyl (C=O) groups excluding carboxylic acids is 2. The first kappa shape index (κ1) is 13.9. The van der Waals surface area contributed by atoms with E-state index < -0.39 is 12.0 Å². The van der Waals surface area contributed by atoms with Gasteiger partial charge in [-0.1, -0.05) is 0 Å². The highest BCUT2D eigenvalue weighted by Crippen LogP contribution is 2.24. The van der Waals surface area contributed by atoms with Crippen molar-refractivity contribution in [2.24, 2.45) is 0 Å². The molecular formula is C14H16N2O4. The summed E-state index contributed by atoms with van der Waals surface area (Å²) in [5, 5.41) is 14.6. The summed E-state index contributed by atoms with van der Waals surface area (Å²) in [6, 6.07) is 5.40. The van der Waals surface area contributed by atoms with Crippen LogP contribution in [0.4, 0.5) is 4.79 Å². The summed E-state index contributed by atoms with van der Waals surface area (Å²) in [5.74, 6) is -0.365. The molecule has 0 fully saturated rings. The predicted octanol–water partition coefficient (Wildman–Crippen LogP) is 1.37. The number of carbonyl (C=O) groups is 2. The number of urea groups is 1. The molecule has 0 saturated heterocycles. The monoisotopic (exact) mass is 276 g/mol. The lowest BCUT2D eigenvalue weighted by atomic mass is 9.99. The van der Waals surface area contributed by atoms with Gasteiger partial charge in [0.15, 0.2) is 0 Å². The molecule has 0 saturated carbocycles. The van der Waals surface area contributed by atoms with Gasteiger partial charge in [0.05, 0.1) is 23.9 Å². The van der Waals surface area contributed by atoms with E-state index in [1.165, 1.54) is 12.1 Å². The Morgan fingerprint density at radius 3 is 2.60 bits per heavy atom. The van der Waals surface area contributed by atoms with Crippen LogP contribution in [-0.2, 0) is 9.53 Å². The third kappa shape index (κ3) is 2.74. The minimum Gasteiger partial charge on any atom is -0.508 e. The van der Waals surface area contributed by atoms with E-state index in [1.54, 1.807) is 26.0 Å². The number of rotatable bonds is 3. The number of hydrogen-bond donors (Lipinski definition) is 3. The Morgan fingerprint density at radius 2 is 2.00 bits per heavy atom. The molecule has 0 unspecified atom stereocenters. The first-order chi connectivity index (χ1) is 9.52. The van der Waals surface area contributed by atoms with Gasteiger partial charge in [-0.3, -0.25) is 0 Å². The summed E-state index contributed by atoms with van der Waals surface area (Å²) in [5.41, 5.74) is 1.39. The summed E-state index contributed by atoms with van der Waals surface area (Å²) >= 11 is 0. The van der Waals surface area contributed by atoms with Crippen molar-refractivity contribution in [1.82, 2.24) is 10.6 Å². The van der Waals surface area contributed by atoms with Crippen LogP contribution >= 0.6 is 0 Å². The third-order valence-electron chi connectivity index (χ3n) is 2.94. The predicted molar refractivity (Wildman–Crippen MR) is 72.8 cm³/mol. The van der Waals surface area contributed by atoms with Gasteiger partial charge in [-0.15, -0.1) is 0 Å². The average Bonchev–Trinajstić information content (AvgIpc) is 2.38. The molecule has 1 aromatic rings. The van der Waals surface area contributed by atoms with Gasteiger partial charge in [0.1, 0.15) is 5.75 Å². The van der Waals surface area contributed by atoms with Gasteiger partial charge in [0.2, 0.25) is 0 Å². The number of aromatic hydroxyl groups is 1. The van der Waals surface area contributed by atoms with Crippen molar-refractivity contribution in [2.75, 3.05) is 6.61 Å². The molecule has 106 valence electrons. The lowest BCUT2D eigenvalue weighted by molar-refractivity contribution is -0.138. The van der Waals surface area contributed by atoms with Gasteiger partial charge < -0.3 is 20.5 Å². The van der Waals surface area contributed by atoms with E-state index >= 15 is 0 Å². The number of hydrogen-bond acceptors (Lipinski definition) is 4. The number of phenols is 1. The normalized spacial score (nSPS) is 18.3. The van der Waals surface area contributed by atoms with Gasteiger partial charge in [-0.25, -0.2) is 9.59 Å². The first-order valence-electron chi connectivity index (χ1n) is 6.31. The number of esters is 1. The van der Waals surface area contributed by atoms with Crippen molar-refractivity contribution in [3.8, 4) is 5.75 Å². The molecule has 1 aliphatic rings. The van der Waals surface area contributed by atoms with E-state index in [2.05, 4.69) is 10.6 Å². The van der Waals surface area contributed by atoms with E-state index in [-0.39, 0.29) is 18.4 Å². The molecule has 2 amide bonds. The highest BCUT2D eigenvalue weighted by atomic mass is 16.5. The maximum atomic E-state index is 12.0. The minimum absolute atomic E-state index is 0.111. The Kier molecular flexibility index (Phi) is 3.93. The summed E-state index contributed by atoms with van der Waals surface area (Å²) in [4.78, 5) is 23.6. The Bertz CT molecular complexity index is 563. The smallest absolute Gasteiger partial charge is 0.338 e. The fourth-order valence-corrected chi connectivity index (χ4v) is 2.05. The second kappa shape index (κ2) is 5.64. The van der Waals surface area contributed by atoms with Crippen LogP contribution in [0.1, 0.15) is 19.4 Å². The van der Waals surface area contributed by atoms with Crippen LogP contribution in [0.5, 0.6) is 5.75 Å². The van der Waals surface area contributed by atoms with Crippen molar-refractivity contribution >= 4 is 17.7 Å². The largest absolute Gasteiger partial charge is 0.508 e. The molecule has 0 spiro atoms. The molecule has 1 heterocycles. The van der Waals surface area contributed by atoms with Gasteiger partial charge in [-0.2, -0.15) is 0 Å². The standard InChI is InChI=1S/C14H16N2O4/c1-3-20-13(18)11-8(2)15-14(19)16-12(11)9-4-6-10(17)7-5-9/h4-8,17H,3H2,1-2H3,(H2,15,16,19)/t8-/m1/s1. The van der Waals surface area contributed by atoms with Crippen molar-refractivity contribution in [2.45, 2.75) is 19.9 Å². The summed E-state index contributed by atoms with van der Waals surface area (Å²) in [7, 11) is 0.